The molecule has 9 heteroatoms. The molecule has 2 fully saturated rings. The van der Waals surface area contributed by atoms with Crippen molar-refractivity contribution < 1.29 is 14.6 Å². The summed E-state index contributed by atoms with van der Waals surface area (Å²) in [6.45, 7) is 4.07. The molecular weight excluding hydrogens is 466 g/mol. The number of aliphatic hydroxyl groups is 1. The number of piperidine rings is 1. The monoisotopic (exact) mass is 499 g/mol. The highest BCUT2D eigenvalue weighted by Crippen LogP contribution is 2.31. The third kappa shape index (κ3) is 7.63. The van der Waals surface area contributed by atoms with Crippen LogP contribution in [0.15, 0.2) is 30.3 Å². The highest BCUT2D eigenvalue weighted by Gasteiger charge is 2.29. The number of halogens is 1. The first-order valence-electron chi connectivity index (χ1n) is 12.1. The third-order valence-electron chi connectivity index (χ3n) is 6.91. The lowest BCUT2D eigenvalue weighted by molar-refractivity contribution is 0.111. The Bertz CT molecular complexity index is 995. The molecule has 2 N–H and O–H groups in total. The Morgan fingerprint density at radius 2 is 1.94 bits per heavy atom. The summed E-state index contributed by atoms with van der Waals surface area (Å²) in [4.78, 5) is 12.6. The first kappa shape index (κ1) is 26.9. The van der Waals surface area contributed by atoms with Crippen molar-refractivity contribution >= 4 is 23.7 Å². The van der Waals surface area contributed by atoms with Gasteiger partial charge in [0, 0.05) is 31.8 Å². The molecule has 0 radical (unpaired) electrons. The Kier molecular flexibility index (Phi) is 9.84. The van der Waals surface area contributed by atoms with Crippen LogP contribution in [-0.2, 0) is 0 Å². The largest absolute Gasteiger partial charge is 0.490 e. The molecule has 188 valence electrons. The van der Waals surface area contributed by atoms with Crippen molar-refractivity contribution in [3.8, 4) is 11.8 Å². The van der Waals surface area contributed by atoms with Gasteiger partial charge in [0.05, 0.1) is 16.7 Å². The third-order valence-corrected chi connectivity index (χ3v) is 7.23. The van der Waals surface area contributed by atoms with Crippen LogP contribution in [0.5, 0.6) is 5.75 Å². The molecule has 1 aliphatic heterocycles. The second kappa shape index (κ2) is 12.8. The normalized spacial score (nSPS) is 21.3. The van der Waals surface area contributed by atoms with Crippen LogP contribution in [-0.4, -0.2) is 60.5 Å². The molecule has 0 unspecified atom stereocenters. The number of aliphatic hydroxyl groups excluding tert-OH is 1. The van der Waals surface area contributed by atoms with E-state index < -0.39 is 0 Å². The molecule has 2 heterocycles. The molecule has 4 rings (SSSR count). The highest BCUT2D eigenvalue weighted by atomic mass is 35.5. The Hall–Kier alpha value is -2.73. The summed E-state index contributed by atoms with van der Waals surface area (Å²) in [5, 5.41) is 29.7. The van der Waals surface area contributed by atoms with Gasteiger partial charge < -0.3 is 20.1 Å². The zero-order valence-electron chi connectivity index (χ0n) is 20.4. The van der Waals surface area contributed by atoms with E-state index in [0.29, 0.717) is 28.6 Å². The zero-order valence-corrected chi connectivity index (χ0v) is 21.2. The molecule has 0 amide bonds. The number of hydrogen-bond donors (Lipinski definition) is 2. The average Bonchev–Trinajstić information content (AvgIpc) is 2.90. The van der Waals surface area contributed by atoms with E-state index in [-0.39, 0.29) is 18.1 Å². The number of nitriles is 1. The first-order valence-corrected chi connectivity index (χ1v) is 12.5. The van der Waals surface area contributed by atoms with Crippen LogP contribution in [0, 0.1) is 16.7 Å². The number of ether oxygens (including phenoxy) is 1. The molecule has 35 heavy (non-hydrogen) atoms. The number of benzene rings is 1. The van der Waals surface area contributed by atoms with Gasteiger partial charge in [-0.2, -0.15) is 5.26 Å². The maximum Gasteiger partial charge on any atom is 0.170 e. The minimum atomic E-state index is 0.0344. The van der Waals surface area contributed by atoms with Crippen molar-refractivity contribution in [2.45, 2.75) is 57.6 Å². The Morgan fingerprint density at radius 3 is 2.46 bits per heavy atom. The van der Waals surface area contributed by atoms with Gasteiger partial charge in [-0.1, -0.05) is 18.5 Å². The van der Waals surface area contributed by atoms with E-state index in [1.54, 1.807) is 18.2 Å². The molecule has 1 aromatic heterocycles. The van der Waals surface area contributed by atoms with E-state index in [2.05, 4.69) is 27.3 Å². The van der Waals surface area contributed by atoms with Crippen LogP contribution in [0.1, 0.15) is 61.5 Å². The highest BCUT2D eigenvalue weighted by molar-refractivity contribution is 6.31. The molecule has 1 saturated carbocycles. The van der Waals surface area contributed by atoms with Crippen molar-refractivity contribution in [3.05, 3.63) is 46.6 Å². The van der Waals surface area contributed by atoms with Crippen molar-refractivity contribution in [2.75, 3.05) is 31.6 Å². The van der Waals surface area contributed by atoms with Gasteiger partial charge in [0.1, 0.15) is 17.5 Å². The van der Waals surface area contributed by atoms with Gasteiger partial charge in [-0.15, -0.1) is 10.2 Å². The smallest absolute Gasteiger partial charge is 0.170 e. The quantitative estimate of drug-likeness (QED) is 0.573. The van der Waals surface area contributed by atoms with E-state index >= 15 is 0 Å². The van der Waals surface area contributed by atoms with Gasteiger partial charge in [-0.3, -0.25) is 4.79 Å². The van der Waals surface area contributed by atoms with Crippen molar-refractivity contribution in [1.82, 2.24) is 15.5 Å². The number of aldehydes is 1. The number of nitrogens with zero attached hydrogens (tertiary/aromatic N) is 4. The number of carbonyl (C=O) groups is 1. The Labute approximate surface area is 212 Å². The van der Waals surface area contributed by atoms with Crippen LogP contribution in [0.2, 0.25) is 5.02 Å². The van der Waals surface area contributed by atoms with Crippen LogP contribution < -0.4 is 15.0 Å². The van der Waals surface area contributed by atoms with Crippen molar-refractivity contribution in [3.63, 3.8) is 0 Å². The summed E-state index contributed by atoms with van der Waals surface area (Å²) < 4.78 is 5.91. The summed E-state index contributed by atoms with van der Waals surface area (Å²) in [5.41, 5.74) is 0.876. The Balaban J connectivity index is 0.000000196. The van der Waals surface area contributed by atoms with Crippen molar-refractivity contribution in [1.29, 1.82) is 5.26 Å². The van der Waals surface area contributed by atoms with E-state index in [4.69, 9.17) is 21.6 Å². The molecule has 1 saturated heterocycles. The van der Waals surface area contributed by atoms with Crippen LogP contribution in [0.25, 0.3) is 0 Å². The lowest BCUT2D eigenvalue weighted by Gasteiger charge is -2.38. The number of aromatic nitrogens is 2. The zero-order chi connectivity index (χ0) is 25.3. The molecule has 1 aromatic carbocycles. The predicted molar refractivity (Wildman–Crippen MR) is 136 cm³/mol. The van der Waals surface area contributed by atoms with E-state index in [1.165, 1.54) is 0 Å². The minimum absolute atomic E-state index is 0.0344. The van der Waals surface area contributed by atoms with Gasteiger partial charge in [0.2, 0.25) is 0 Å². The summed E-state index contributed by atoms with van der Waals surface area (Å²) in [5.74, 6) is 1.56. The van der Waals surface area contributed by atoms with E-state index in [1.807, 2.05) is 25.2 Å². The number of nitrogens with one attached hydrogen (secondary N) is 1. The molecule has 2 aliphatic rings. The molecule has 0 atom stereocenters. The molecule has 1 aliphatic carbocycles. The second-order valence-corrected chi connectivity index (χ2v) is 9.93. The molecule has 8 nitrogen and oxygen atoms in total. The van der Waals surface area contributed by atoms with Gasteiger partial charge in [-0.05, 0) is 75.3 Å². The van der Waals surface area contributed by atoms with Crippen molar-refractivity contribution in [2.24, 2.45) is 5.41 Å². The van der Waals surface area contributed by atoms with Crippen LogP contribution in [0.4, 0.5) is 5.82 Å². The topological polar surface area (TPSA) is 111 Å². The maximum atomic E-state index is 10.5. The van der Waals surface area contributed by atoms with Gasteiger partial charge in [-0.25, -0.2) is 0 Å². The standard InChI is InChI=1S/C14H17ClN2O.C12H17N3O2/c1-17-11-3-6-12(7-4-11)18-13-5-2-10(9-16)14(15)8-13;1-12(9-17)4-6-15(7-5-12)11-3-2-10(8-16)13-14-11/h2,5,8,11-12,17H,3-4,6-7H2,1H3;2-3,8,17H,4-7,9H2,1H3. The summed E-state index contributed by atoms with van der Waals surface area (Å²) in [6, 6.07) is 11.4. The lowest BCUT2D eigenvalue weighted by atomic mass is 9.81. The van der Waals surface area contributed by atoms with Crippen LogP contribution >= 0.6 is 11.6 Å². The fourth-order valence-corrected chi connectivity index (χ4v) is 4.54. The lowest BCUT2D eigenvalue weighted by Crippen LogP contribution is -2.40. The first-order chi connectivity index (χ1) is 16.9. The number of hydrogen-bond acceptors (Lipinski definition) is 8. The Morgan fingerprint density at radius 1 is 1.23 bits per heavy atom. The van der Waals surface area contributed by atoms with Crippen LogP contribution in [0.3, 0.4) is 0 Å². The fourth-order valence-electron chi connectivity index (χ4n) is 4.32. The summed E-state index contributed by atoms with van der Waals surface area (Å²) in [7, 11) is 2.01. The number of rotatable bonds is 6. The summed E-state index contributed by atoms with van der Waals surface area (Å²) >= 11 is 5.98. The second-order valence-electron chi connectivity index (χ2n) is 9.52. The van der Waals surface area contributed by atoms with Gasteiger partial charge >= 0.3 is 0 Å². The molecule has 0 bridgehead atoms. The van der Waals surface area contributed by atoms with E-state index in [0.717, 1.165) is 63.2 Å². The number of anilines is 1. The average molecular weight is 500 g/mol. The fraction of sp³-hybridized carbons (Fsp3) is 0.538. The van der Waals surface area contributed by atoms with Gasteiger partial charge in [0.25, 0.3) is 0 Å². The molecule has 2 aromatic rings. The molecular formula is C26H34ClN5O3. The minimum Gasteiger partial charge on any atom is -0.490 e. The number of carbonyl (C=O) groups excluding carboxylic acids is 1. The molecule has 0 spiro atoms. The maximum absolute atomic E-state index is 10.5. The summed E-state index contributed by atoms with van der Waals surface area (Å²) in [6.07, 6.45) is 7.25. The SMILES string of the molecule is CC1(CO)CCN(c2ccc(C=O)nn2)CC1.CNC1CCC(Oc2ccc(C#N)c(Cl)c2)CC1. The van der Waals surface area contributed by atoms with Gasteiger partial charge in [0.15, 0.2) is 12.1 Å². The predicted octanol–water partition coefficient (Wildman–Crippen LogP) is 4.01. The van der Waals surface area contributed by atoms with E-state index in [9.17, 15) is 9.90 Å².